The number of hydrogen-bond donors (Lipinski definition) is 3. The molecule has 1 aromatic heterocycles. The van der Waals surface area contributed by atoms with Crippen LogP contribution in [-0.4, -0.2) is 28.2 Å². The quantitative estimate of drug-likeness (QED) is 0.581. The Hall–Kier alpha value is -2.70. The molecule has 1 amide bonds. The second kappa shape index (κ2) is 8.58. The molecule has 2 aromatic carbocycles. The third-order valence-corrected chi connectivity index (χ3v) is 6.06. The standard InChI is InChI=1S/C23H26ClN5O/c1-4-15-9-10-20-17(11-15)13(2)25-22(27-20)29-23-26-14(3)18(21(30)28-23)12-16-7-5-6-8-19(16)24/h5-11,14,18,23,26H,4,12H2,1-3H3,(H,28,30)(H,25,27,29). The van der Waals surface area contributed by atoms with Crippen molar-refractivity contribution >= 4 is 34.4 Å². The number of aryl methyl sites for hydroxylation is 2. The second-order valence-electron chi connectivity index (χ2n) is 7.78. The number of rotatable bonds is 5. The Labute approximate surface area is 181 Å². The smallest absolute Gasteiger partial charge is 0.227 e. The van der Waals surface area contributed by atoms with Gasteiger partial charge in [0, 0.05) is 16.5 Å². The molecule has 3 aromatic rings. The first-order valence-electron chi connectivity index (χ1n) is 10.3. The topological polar surface area (TPSA) is 78.9 Å². The molecule has 0 bridgehead atoms. The van der Waals surface area contributed by atoms with E-state index in [0.717, 1.165) is 28.6 Å². The van der Waals surface area contributed by atoms with Crippen LogP contribution >= 0.6 is 11.6 Å². The fourth-order valence-corrected chi connectivity index (χ4v) is 4.10. The van der Waals surface area contributed by atoms with Crippen LogP contribution in [0.4, 0.5) is 5.95 Å². The molecule has 7 heteroatoms. The van der Waals surface area contributed by atoms with Gasteiger partial charge in [-0.15, -0.1) is 0 Å². The summed E-state index contributed by atoms with van der Waals surface area (Å²) in [4.78, 5) is 22.0. The van der Waals surface area contributed by atoms with Gasteiger partial charge in [-0.05, 0) is 56.0 Å². The number of anilines is 1. The summed E-state index contributed by atoms with van der Waals surface area (Å²) in [5.74, 6) is 0.247. The first kappa shape index (κ1) is 20.6. The van der Waals surface area contributed by atoms with E-state index in [9.17, 15) is 4.79 Å². The van der Waals surface area contributed by atoms with E-state index in [2.05, 4.69) is 45.0 Å². The lowest BCUT2D eigenvalue weighted by Gasteiger charge is -2.36. The van der Waals surface area contributed by atoms with Crippen LogP contribution in [0.3, 0.4) is 0 Å². The van der Waals surface area contributed by atoms with Crippen molar-refractivity contribution < 1.29 is 4.79 Å². The highest BCUT2D eigenvalue weighted by atomic mass is 35.5. The van der Waals surface area contributed by atoms with Crippen LogP contribution in [-0.2, 0) is 17.6 Å². The molecule has 0 aliphatic carbocycles. The SMILES string of the molecule is CCc1ccc2nc(NC3NC(=O)C(Cc4ccccc4Cl)C(C)N3)nc(C)c2c1. The van der Waals surface area contributed by atoms with E-state index >= 15 is 0 Å². The van der Waals surface area contributed by atoms with Crippen LogP contribution in [0.2, 0.25) is 5.02 Å². The Balaban J connectivity index is 1.48. The van der Waals surface area contributed by atoms with Crippen molar-refractivity contribution in [2.45, 2.75) is 45.9 Å². The molecular weight excluding hydrogens is 398 g/mol. The van der Waals surface area contributed by atoms with Crippen molar-refractivity contribution in [2.24, 2.45) is 5.92 Å². The molecule has 1 saturated heterocycles. The maximum absolute atomic E-state index is 12.8. The van der Waals surface area contributed by atoms with Gasteiger partial charge in [-0.2, -0.15) is 0 Å². The van der Waals surface area contributed by atoms with Crippen LogP contribution in [0.15, 0.2) is 42.5 Å². The summed E-state index contributed by atoms with van der Waals surface area (Å²) in [7, 11) is 0. The van der Waals surface area contributed by atoms with Crippen molar-refractivity contribution in [3.8, 4) is 0 Å². The zero-order chi connectivity index (χ0) is 21.3. The summed E-state index contributed by atoms with van der Waals surface area (Å²) in [5, 5.41) is 11.3. The highest BCUT2D eigenvalue weighted by Crippen LogP contribution is 2.23. The molecule has 3 atom stereocenters. The van der Waals surface area contributed by atoms with E-state index in [-0.39, 0.29) is 17.9 Å². The number of carbonyl (C=O) groups is 1. The number of nitrogens with one attached hydrogen (secondary N) is 3. The van der Waals surface area contributed by atoms with Crippen LogP contribution in [0.1, 0.15) is 30.7 Å². The van der Waals surface area contributed by atoms with Gasteiger partial charge in [0.1, 0.15) is 0 Å². The Morgan fingerprint density at radius 1 is 1.17 bits per heavy atom. The summed E-state index contributed by atoms with van der Waals surface area (Å²) in [6, 6.07) is 13.8. The van der Waals surface area contributed by atoms with E-state index in [1.54, 1.807) is 0 Å². The van der Waals surface area contributed by atoms with Gasteiger partial charge in [0.2, 0.25) is 11.9 Å². The highest BCUT2D eigenvalue weighted by Gasteiger charge is 2.34. The van der Waals surface area contributed by atoms with Gasteiger partial charge in [-0.25, -0.2) is 9.97 Å². The van der Waals surface area contributed by atoms with Crippen LogP contribution < -0.4 is 16.0 Å². The average Bonchev–Trinajstić information content (AvgIpc) is 2.72. The molecule has 2 heterocycles. The predicted octanol–water partition coefficient (Wildman–Crippen LogP) is 3.82. The molecule has 3 unspecified atom stereocenters. The van der Waals surface area contributed by atoms with Gasteiger partial charge < -0.3 is 10.6 Å². The highest BCUT2D eigenvalue weighted by molar-refractivity contribution is 6.31. The second-order valence-corrected chi connectivity index (χ2v) is 8.19. The molecule has 0 saturated carbocycles. The molecule has 30 heavy (non-hydrogen) atoms. The van der Waals surface area contributed by atoms with Crippen molar-refractivity contribution in [3.05, 3.63) is 64.3 Å². The van der Waals surface area contributed by atoms with Crippen molar-refractivity contribution in [1.29, 1.82) is 0 Å². The number of carbonyl (C=O) groups excluding carboxylic acids is 1. The van der Waals surface area contributed by atoms with Crippen LogP contribution in [0.25, 0.3) is 10.9 Å². The molecule has 6 nitrogen and oxygen atoms in total. The predicted molar refractivity (Wildman–Crippen MR) is 120 cm³/mol. The number of amides is 1. The lowest BCUT2D eigenvalue weighted by atomic mass is 9.90. The zero-order valence-corrected chi connectivity index (χ0v) is 18.1. The number of nitrogens with zero attached hydrogens (tertiary/aromatic N) is 2. The number of halogens is 1. The van der Waals surface area contributed by atoms with Gasteiger partial charge in [0.25, 0.3) is 0 Å². The van der Waals surface area contributed by atoms with E-state index in [1.807, 2.05) is 44.2 Å². The normalized spacial score (nSPS) is 21.5. The first-order chi connectivity index (χ1) is 14.4. The van der Waals surface area contributed by atoms with E-state index < -0.39 is 6.29 Å². The summed E-state index contributed by atoms with van der Waals surface area (Å²) < 4.78 is 0. The monoisotopic (exact) mass is 423 g/mol. The molecule has 1 fully saturated rings. The van der Waals surface area contributed by atoms with E-state index in [0.29, 0.717) is 17.4 Å². The molecule has 0 radical (unpaired) electrons. The molecular formula is C23H26ClN5O. The number of hydrogen-bond acceptors (Lipinski definition) is 5. The lowest BCUT2D eigenvalue weighted by molar-refractivity contribution is -0.128. The van der Waals surface area contributed by atoms with Gasteiger partial charge in [-0.3, -0.25) is 10.1 Å². The Morgan fingerprint density at radius 3 is 2.70 bits per heavy atom. The summed E-state index contributed by atoms with van der Waals surface area (Å²) in [6.07, 6.45) is 1.11. The molecule has 1 aliphatic rings. The van der Waals surface area contributed by atoms with E-state index in [4.69, 9.17) is 11.6 Å². The van der Waals surface area contributed by atoms with Crippen molar-refractivity contribution in [1.82, 2.24) is 20.6 Å². The van der Waals surface area contributed by atoms with Gasteiger partial charge in [0.15, 0.2) is 6.29 Å². The Morgan fingerprint density at radius 2 is 1.97 bits per heavy atom. The molecule has 156 valence electrons. The third-order valence-electron chi connectivity index (χ3n) is 5.69. The molecule has 4 rings (SSSR count). The third kappa shape index (κ3) is 4.25. The minimum Gasteiger partial charge on any atom is -0.323 e. The fraction of sp³-hybridized carbons (Fsp3) is 0.348. The number of benzene rings is 2. The van der Waals surface area contributed by atoms with Crippen molar-refractivity contribution in [3.63, 3.8) is 0 Å². The van der Waals surface area contributed by atoms with E-state index in [1.165, 1.54) is 5.56 Å². The maximum Gasteiger partial charge on any atom is 0.227 e. The minimum absolute atomic E-state index is 0.0243. The summed E-state index contributed by atoms with van der Waals surface area (Å²) in [6.45, 7) is 6.11. The minimum atomic E-state index is -0.443. The van der Waals surface area contributed by atoms with Gasteiger partial charge in [-0.1, -0.05) is 42.8 Å². The fourth-order valence-electron chi connectivity index (χ4n) is 3.89. The Bertz CT molecular complexity index is 1090. The maximum atomic E-state index is 12.8. The largest absolute Gasteiger partial charge is 0.323 e. The zero-order valence-electron chi connectivity index (χ0n) is 17.4. The van der Waals surface area contributed by atoms with Gasteiger partial charge in [0.05, 0.1) is 17.1 Å². The number of fused-ring (bicyclic) bond motifs is 1. The molecule has 1 aliphatic heterocycles. The average molecular weight is 424 g/mol. The lowest BCUT2D eigenvalue weighted by Crippen LogP contribution is -2.63. The summed E-state index contributed by atoms with van der Waals surface area (Å²) >= 11 is 6.28. The van der Waals surface area contributed by atoms with Gasteiger partial charge >= 0.3 is 0 Å². The molecule has 3 N–H and O–H groups in total. The van der Waals surface area contributed by atoms with Crippen LogP contribution in [0.5, 0.6) is 0 Å². The first-order valence-corrected chi connectivity index (χ1v) is 10.7. The number of aromatic nitrogens is 2. The molecule has 0 spiro atoms. The van der Waals surface area contributed by atoms with Crippen LogP contribution in [0, 0.1) is 12.8 Å². The van der Waals surface area contributed by atoms with Crippen molar-refractivity contribution in [2.75, 3.05) is 5.32 Å². The Kier molecular flexibility index (Phi) is 5.88. The summed E-state index contributed by atoms with van der Waals surface area (Å²) in [5.41, 5.74) is 4.02.